The lowest BCUT2D eigenvalue weighted by Crippen LogP contribution is -2.25. The maximum Gasteiger partial charge on any atom is 0.416 e. The fourth-order valence-corrected chi connectivity index (χ4v) is 2.79. The Morgan fingerprint density at radius 2 is 1.96 bits per heavy atom. The van der Waals surface area contributed by atoms with Gasteiger partial charge in [0, 0.05) is 6.54 Å². The fraction of sp³-hybridized carbons (Fsp3) is 0.278. The summed E-state index contributed by atoms with van der Waals surface area (Å²) in [6.07, 6.45) is -4.41. The summed E-state index contributed by atoms with van der Waals surface area (Å²) in [7, 11) is 0. The quantitative estimate of drug-likeness (QED) is 0.586. The van der Waals surface area contributed by atoms with Crippen molar-refractivity contribution in [1.82, 2.24) is 0 Å². The monoisotopic (exact) mass is 395 g/mol. The molecule has 1 heterocycles. The molecule has 1 amide bonds. The van der Waals surface area contributed by atoms with Gasteiger partial charge in [0.25, 0.3) is 11.6 Å². The number of halogens is 3. The molecular formula is C18H16F3N3O4. The number of rotatable bonds is 5. The van der Waals surface area contributed by atoms with E-state index in [1.54, 1.807) is 6.92 Å². The third-order valence-corrected chi connectivity index (χ3v) is 4.33. The van der Waals surface area contributed by atoms with Crippen LogP contribution in [0.4, 0.5) is 30.2 Å². The second kappa shape index (κ2) is 7.37. The van der Waals surface area contributed by atoms with Crippen molar-refractivity contribution in [2.45, 2.75) is 19.0 Å². The van der Waals surface area contributed by atoms with Gasteiger partial charge in [0.1, 0.15) is 5.69 Å². The zero-order valence-corrected chi connectivity index (χ0v) is 14.7. The molecule has 10 heteroatoms. The van der Waals surface area contributed by atoms with Gasteiger partial charge in [-0.05, 0) is 29.7 Å². The summed E-state index contributed by atoms with van der Waals surface area (Å²) in [5, 5.41) is 16.8. The van der Waals surface area contributed by atoms with Gasteiger partial charge in [0.05, 0.1) is 22.2 Å². The van der Waals surface area contributed by atoms with Crippen molar-refractivity contribution >= 4 is 23.0 Å². The van der Waals surface area contributed by atoms with Crippen molar-refractivity contribution in [2.24, 2.45) is 0 Å². The van der Waals surface area contributed by atoms with Crippen LogP contribution in [-0.4, -0.2) is 24.0 Å². The third kappa shape index (κ3) is 4.16. The zero-order valence-electron chi connectivity index (χ0n) is 14.7. The van der Waals surface area contributed by atoms with Gasteiger partial charge in [-0.2, -0.15) is 13.2 Å². The van der Waals surface area contributed by atoms with Crippen LogP contribution in [0.2, 0.25) is 0 Å². The first kappa shape index (κ1) is 19.5. The van der Waals surface area contributed by atoms with Crippen LogP contribution >= 0.6 is 0 Å². The van der Waals surface area contributed by atoms with Crippen molar-refractivity contribution in [2.75, 3.05) is 23.8 Å². The number of hydrogen-bond donors (Lipinski definition) is 2. The summed E-state index contributed by atoms with van der Waals surface area (Å²) < 4.78 is 43.2. The smallest absolute Gasteiger partial charge is 0.416 e. The number of ether oxygens (including phenoxy) is 1. The van der Waals surface area contributed by atoms with Crippen molar-refractivity contribution in [3.63, 3.8) is 0 Å². The second-order valence-corrected chi connectivity index (χ2v) is 6.36. The largest absolute Gasteiger partial charge is 0.481 e. The number of fused-ring (bicyclic) bond motifs is 1. The first-order valence-electron chi connectivity index (χ1n) is 8.31. The number of carbonyl (C=O) groups is 1. The molecule has 1 atom stereocenters. The van der Waals surface area contributed by atoms with Crippen LogP contribution in [0, 0.1) is 10.1 Å². The van der Waals surface area contributed by atoms with Crippen LogP contribution in [0.5, 0.6) is 5.75 Å². The topological polar surface area (TPSA) is 93.5 Å². The number of nitrogens with zero attached hydrogens (tertiary/aromatic N) is 1. The van der Waals surface area contributed by atoms with Gasteiger partial charge < -0.3 is 15.4 Å². The molecule has 0 aliphatic carbocycles. The predicted molar refractivity (Wildman–Crippen MR) is 95.6 cm³/mol. The number of nitro benzene ring substituents is 1. The lowest BCUT2D eigenvalue weighted by atomic mass is 9.99. The molecule has 2 aromatic carbocycles. The maximum absolute atomic E-state index is 12.7. The summed E-state index contributed by atoms with van der Waals surface area (Å²) in [5.41, 5.74) is 0.171. The normalized spacial score (nSPS) is 14.5. The highest BCUT2D eigenvalue weighted by Gasteiger charge is 2.30. The first-order valence-corrected chi connectivity index (χ1v) is 8.31. The van der Waals surface area contributed by atoms with E-state index in [1.165, 1.54) is 24.3 Å². The second-order valence-electron chi connectivity index (χ2n) is 6.36. The van der Waals surface area contributed by atoms with Gasteiger partial charge in [-0.15, -0.1) is 0 Å². The Labute approximate surface area is 157 Å². The van der Waals surface area contributed by atoms with E-state index < -0.39 is 16.7 Å². The van der Waals surface area contributed by atoms with E-state index in [9.17, 15) is 28.1 Å². The average molecular weight is 395 g/mol. The van der Waals surface area contributed by atoms with E-state index in [1.807, 2.05) is 0 Å². The standard InChI is InChI=1S/C18H16F3N3O4/c1-10(11-2-4-12(5-3-11)18(19,20)21)8-22-13-6-14-16(7-15(13)24(26)27)28-9-17(25)23-14/h2-7,10,22H,8-9H2,1H3,(H,23,25). The van der Waals surface area contributed by atoms with Gasteiger partial charge in [-0.25, -0.2) is 0 Å². The van der Waals surface area contributed by atoms with Crippen LogP contribution in [0.15, 0.2) is 36.4 Å². The van der Waals surface area contributed by atoms with Crippen LogP contribution in [-0.2, 0) is 11.0 Å². The number of carbonyl (C=O) groups excluding carboxylic acids is 1. The van der Waals surface area contributed by atoms with Gasteiger partial charge in [0.15, 0.2) is 12.4 Å². The minimum absolute atomic E-state index is 0.174. The highest BCUT2D eigenvalue weighted by Crippen LogP contribution is 2.38. The molecule has 2 aromatic rings. The fourth-order valence-electron chi connectivity index (χ4n) is 2.79. The van der Waals surface area contributed by atoms with Crippen LogP contribution in [0.3, 0.4) is 0 Å². The Morgan fingerprint density at radius 3 is 2.57 bits per heavy atom. The number of nitrogens with one attached hydrogen (secondary N) is 2. The number of anilines is 2. The number of amides is 1. The Morgan fingerprint density at radius 1 is 1.29 bits per heavy atom. The molecule has 0 radical (unpaired) electrons. The van der Waals surface area contributed by atoms with Gasteiger partial charge in [-0.3, -0.25) is 14.9 Å². The molecule has 148 valence electrons. The summed E-state index contributed by atoms with van der Waals surface area (Å²) >= 11 is 0. The lowest BCUT2D eigenvalue weighted by Gasteiger charge is -2.20. The van der Waals surface area contributed by atoms with E-state index >= 15 is 0 Å². The van der Waals surface area contributed by atoms with E-state index in [2.05, 4.69) is 10.6 Å². The summed E-state index contributed by atoms with van der Waals surface area (Å²) in [4.78, 5) is 22.2. The van der Waals surface area contributed by atoms with Gasteiger partial charge in [0.2, 0.25) is 0 Å². The van der Waals surface area contributed by atoms with Crippen molar-refractivity contribution in [1.29, 1.82) is 0 Å². The molecular weight excluding hydrogens is 379 g/mol. The number of hydrogen-bond acceptors (Lipinski definition) is 5. The zero-order chi connectivity index (χ0) is 20.5. The Balaban J connectivity index is 1.77. The minimum Gasteiger partial charge on any atom is -0.481 e. The number of benzene rings is 2. The Bertz CT molecular complexity index is 914. The molecule has 1 unspecified atom stereocenters. The van der Waals surface area contributed by atoms with Crippen LogP contribution < -0.4 is 15.4 Å². The molecule has 28 heavy (non-hydrogen) atoms. The molecule has 1 aliphatic heterocycles. The van der Waals surface area contributed by atoms with Crippen molar-refractivity contribution in [3.8, 4) is 5.75 Å². The Kier molecular flexibility index (Phi) is 5.12. The minimum atomic E-state index is -4.41. The molecule has 0 saturated carbocycles. The van der Waals surface area contributed by atoms with Gasteiger partial charge in [-0.1, -0.05) is 19.1 Å². The van der Waals surface area contributed by atoms with E-state index in [4.69, 9.17) is 4.74 Å². The number of nitro groups is 1. The molecule has 7 nitrogen and oxygen atoms in total. The van der Waals surface area contributed by atoms with Crippen LogP contribution in [0.25, 0.3) is 0 Å². The van der Waals surface area contributed by atoms with Crippen molar-refractivity contribution < 1.29 is 27.6 Å². The van der Waals surface area contributed by atoms with Gasteiger partial charge >= 0.3 is 6.18 Å². The molecule has 0 spiro atoms. The maximum atomic E-state index is 12.7. The lowest BCUT2D eigenvalue weighted by molar-refractivity contribution is -0.384. The summed E-state index contributed by atoms with van der Waals surface area (Å²) in [6, 6.07) is 7.39. The van der Waals surface area contributed by atoms with E-state index in [0.717, 1.165) is 12.1 Å². The molecule has 0 bridgehead atoms. The highest BCUT2D eigenvalue weighted by atomic mass is 19.4. The third-order valence-electron chi connectivity index (χ3n) is 4.33. The van der Waals surface area contributed by atoms with Crippen molar-refractivity contribution in [3.05, 3.63) is 57.6 Å². The summed E-state index contributed by atoms with van der Waals surface area (Å²) in [5.74, 6) is -0.387. The molecule has 3 rings (SSSR count). The first-order chi connectivity index (χ1) is 13.1. The SMILES string of the molecule is CC(CNc1cc2c(cc1[N+](=O)[O-])OCC(=O)N2)c1ccc(C(F)(F)F)cc1. The molecule has 2 N–H and O–H groups in total. The van der Waals surface area contributed by atoms with Crippen LogP contribution in [0.1, 0.15) is 24.0 Å². The highest BCUT2D eigenvalue weighted by molar-refractivity contribution is 5.96. The predicted octanol–water partition coefficient (Wildman–Crippen LogP) is 4.16. The molecule has 0 fully saturated rings. The Hall–Kier alpha value is -3.30. The number of alkyl halides is 3. The van der Waals surface area contributed by atoms with E-state index in [-0.39, 0.29) is 42.1 Å². The van der Waals surface area contributed by atoms with E-state index in [0.29, 0.717) is 11.3 Å². The summed E-state index contributed by atoms with van der Waals surface area (Å²) in [6.45, 7) is 1.80. The average Bonchev–Trinajstić information content (AvgIpc) is 2.64. The molecule has 0 saturated heterocycles. The molecule has 0 aromatic heterocycles. The molecule has 1 aliphatic rings.